The third-order valence-electron chi connectivity index (χ3n) is 7.12. The number of benzene rings is 3. The van der Waals surface area contributed by atoms with Gasteiger partial charge in [0.2, 0.25) is 0 Å². The summed E-state index contributed by atoms with van der Waals surface area (Å²) in [5, 5.41) is 4.53. The van der Waals surface area contributed by atoms with Crippen LogP contribution in [0.3, 0.4) is 0 Å². The Morgan fingerprint density at radius 2 is 1.85 bits per heavy atom. The Morgan fingerprint density at radius 1 is 1.08 bits per heavy atom. The van der Waals surface area contributed by atoms with Crippen LogP contribution in [0.2, 0.25) is 0 Å². The first kappa shape index (κ1) is 26.6. The molecule has 1 aromatic heterocycles. The number of hydrogen-bond acceptors (Lipinski definition) is 4. The second kappa shape index (κ2) is 10.7. The summed E-state index contributed by atoms with van der Waals surface area (Å²) in [6.07, 6.45) is -2.44. The number of carbonyl (C=O) groups is 1. The van der Waals surface area contributed by atoms with Gasteiger partial charge in [-0.15, -0.1) is 0 Å². The Morgan fingerprint density at radius 3 is 2.54 bits per heavy atom. The fourth-order valence-electron chi connectivity index (χ4n) is 5.23. The number of alkyl halides is 3. The van der Waals surface area contributed by atoms with Crippen molar-refractivity contribution >= 4 is 22.6 Å². The number of nitrogens with zero attached hydrogens (tertiary/aromatic N) is 3. The third kappa shape index (κ3) is 5.60. The Balaban J connectivity index is 1.53. The molecule has 1 aliphatic rings. The summed E-state index contributed by atoms with van der Waals surface area (Å²) in [5.74, 6) is -1.63. The van der Waals surface area contributed by atoms with E-state index in [0.717, 1.165) is 43.3 Å². The molecule has 0 N–H and O–H groups in total. The Bertz CT molecular complexity index is 1500. The van der Waals surface area contributed by atoms with E-state index in [0.29, 0.717) is 24.2 Å². The van der Waals surface area contributed by atoms with Gasteiger partial charge in [0.05, 0.1) is 24.9 Å². The highest BCUT2D eigenvalue weighted by Crippen LogP contribution is 2.39. The lowest BCUT2D eigenvalue weighted by molar-refractivity contribution is -0.141. The monoisotopic (exact) mass is 543 g/mol. The van der Waals surface area contributed by atoms with Gasteiger partial charge in [0, 0.05) is 47.8 Å². The SMILES string of the molecule is COC(=O)C[C@H]1CCCN(c2ccc(-c3c4cccc(C(F)(F)F)c4nn3Cc3ccc(F)cc3F)cc2)C1. The van der Waals surface area contributed by atoms with E-state index in [9.17, 15) is 26.7 Å². The molecular weight excluding hydrogens is 517 g/mol. The number of hydrogen-bond donors (Lipinski definition) is 0. The van der Waals surface area contributed by atoms with Gasteiger partial charge in [0.1, 0.15) is 17.2 Å². The third-order valence-corrected chi connectivity index (χ3v) is 7.12. The molecule has 5 rings (SSSR count). The number of fused-ring (bicyclic) bond motifs is 1. The topological polar surface area (TPSA) is 47.4 Å². The van der Waals surface area contributed by atoms with Crippen LogP contribution in [-0.2, 0) is 22.3 Å². The minimum Gasteiger partial charge on any atom is -0.469 e. The first-order valence-corrected chi connectivity index (χ1v) is 12.6. The van der Waals surface area contributed by atoms with E-state index in [-0.39, 0.29) is 34.9 Å². The molecule has 2 heterocycles. The number of halogens is 5. The number of aromatic nitrogens is 2. The van der Waals surface area contributed by atoms with Crippen molar-refractivity contribution in [3.8, 4) is 11.3 Å². The summed E-state index contributed by atoms with van der Waals surface area (Å²) in [5.41, 5.74) is 0.888. The highest BCUT2D eigenvalue weighted by atomic mass is 19.4. The van der Waals surface area contributed by atoms with Crippen molar-refractivity contribution < 1.29 is 31.5 Å². The van der Waals surface area contributed by atoms with E-state index in [1.165, 1.54) is 23.9 Å². The van der Waals surface area contributed by atoms with Gasteiger partial charge in [-0.25, -0.2) is 8.78 Å². The van der Waals surface area contributed by atoms with Crippen LogP contribution in [0.5, 0.6) is 0 Å². The molecule has 1 atom stereocenters. The molecule has 10 heteroatoms. The minimum absolute atomic E-state index is 0.0978. The van der Waals surface area contributed by atoms with E-state index in [1.807, 2.05) is 12.1 Å². The molecule has 0 radical (unpaired) electrons. The molecule has 5 nitrogen and oxygen atoms in total. The van der Waals surface area contributed by atoms with E-state index in [1.54, 1.807) is 18.2 Å². The Kier molecular flexibility index (Phi) is 7.29. The van der Waals surface area contributed by atoms with Gasteiger partial charge in [0.15, 0.2) is 0 Å². The lowest BCUT2D eigenvalue weighted by atomic mass is 9.94. The fourth-order valence-corrected chi connectivity index (χ4v) is 5.23. The molecule has 1 aliphatic heterocycles. The van der Waals surface area contributed by atoms with Gasteiger partial charge in [-0.05, 0) is 43.0 Å². The maximum absolute atomic E-state index is 14.5. The van der Waals surface area contributed by atoms with Crippen molar-refractivity contribution in [1.29, 1.82) is 0 Å². The predicted molar refractivity (Wildman–Crippen MR) is 137 cm³/mol. The number of anilines is 1. The van der Waals surface area contributed by atoms with Crippen LogP contribution >= 0.6 is 0 Å². The Hall–Kier alpha value is -3.95. The number of piperidine rings is 1. The summed E-state index contributed by atoms with van der Waals surface area (Å²) in [6, 6.07) is 14.3. The summed E-state index contributed by atoms with van der Waals surface area (Å²) < 4.78 is 75.5. The molecule has 0 amide bonds. The largest absolute Gasteiger partial charge is 0.469 e. The summed E-state index contributed by atoms with van der Waals surface area (Å²) in [7, 11) is 1.37. The summed E-state index contributed by atoms with van der Waals surface area (Å²) in [6.45, 7) is 1.32. The van der Waals surface area contributed by atoms with Crippen LogP contribution in [-0.4, -0.2) is 35.9 Å². The highest BCUT2D eigenvalue weighted by molar-refractivity contribution is 5.95. The van der Waals surface area contributed by atoms with E-state index >= 15 is 0 Å². The molecule has 0 saturated carbocycles. The standard InChI is InChI=1S/C29H26F5N3O2/c1-39-26(38)14-18-4-3-13-36(16-18)22-11-8-19(9-12-22)28-23-5-2-6-24(29(32,33)34)27(23)35-37(28)17-20-7-10-21(30)15-25(20)31/h2,5-12,15,18H,3-4,13-14,16-17H2,1H3/t18-/m1/s1. The first-order valence-electron chi connectivity index (χ1n) is 12.6. The number of ether oxygens (including phenoxy) is 1. The lowest BCUT2D eigenvalue weighted by Gasteiger charge is -2.34. The summed E-state index contributed by atoms with van der Waals surface area (Å²) in [4.78, 5) is 13.9. The second-order valence-corrected chi connectivity index (χ2v) is 9.72. The number of carbonyl (C=O) groups excluding carboxylic acids is 1. The minimum atomic E-state index is -4.63. The van der Waals surface area contributed by atoms with Gasteiger partial charge in [-0.2, -0.15) is 18.3 Å². The maximum atomic E-state index is 14.5. The fraction of sp³-hybridized carbons (Fsp3) is 0.310. The van der Waals surface area contributed by atoms with Crippen LogP contribution < -0.4 is 4.90 Å². The van der Waals surface area contributed by atoms with Crippen LogP contribution in [0, 0.1) is 17.6 Å². The van der Waals surface area contributed by atoms with Crippen molar-refractivity contribution in [2.45, 2.75) is 32.0 Å². The molecule has 204 valence electrons. The number of esters is 1. The second-order valence-electron chi connectivity index (χ2n) is 9.72. The first-order chi connectivity index (χ1) is 18.6. The maximum Gasteiger partial charge on any atom is 0.418 e. The molecule has 1 fully saturated rings. The molecule has 0 bridgehead atoms. The van der Waals surface area contributed by atoms with Crippen LogP contribution in [0.25, 0.3) is 22.2 Å². The average molecular weight is 544 g/mol. The molecule has 1 saturated heterocycles. The zero-order valence-corrected chi connectivity index (χ0v) is 21.1. The lowest BCUT2D eigenvalue weighted by Crippen LogP contribution is -2.36. The van der Waals surface area contributed by atoms with Gasteiger partial charge < -0.3 is 9.64 Å². The predicted octanol–water partition coefficient (Wildman–Crippen LogP) is 6.83. The zero-order chi connectivity index (χ0) is 27.7. The van der Waals surface area contributed by atoms with Gasteiger partial charge in [0.25, 0.3) is 0 Å². The molecule has 39 heavy (non-hydrogen) atoms. The van der Waals surface area contributed by atoms with Gasteiger partial charge in [-0.3, -0.25) is 9.48 Å². The van der Waals surface area contributed by atoms with Gasteiger partial charge >= 0.3 is 12.1 Å². The molecule has 0 unspecified atom stereocenters. The molecular formula is C29H26F5N3O2. The van der Waals surface area contributed by atoms with Crippen LogP contribution in [0.15, 0.2) is 60.7 Å². The van der Waals surface area contributed by atoms with Crippen molar-refractivity contribution in [2.75, 3.05) is 25.1 Å². The number of methoxy groups -OCH3 is 1. The molecule has 0 aliphatic carbocycles. The Labute approximate surface area is 221 Å². The van der Waals surface area contributed by atoms with E-state index < -0.39 is 23.4 Å². The molecule has 4 aromatic rings. The zero-order valence-electron chi connectivity index (χ0n) is 21.1. The smallest absolute Gasteiger partial charge is 0.418 e. The quantitative estimate of drug-likeness (QED) is 0.198. The van der Waals surface area contributed by atoms with Crippen LogP contribution in [0.4, 0.5) is 27.6 Å². The van der Waals surface area contributed by atoms with Crippen molar-refractivity contribution in [1.82, 2.24) is 9.78 Å². The number of rotatable bonds is 6. The van der Waals surface area contributed by atoms with E-state index in [2.05, 4.69) is 10.00 Å². The van der Waals surface area contributed by atoms with E-state index in [4.69, 9.17) is 4.74 Å². The van der Waals surface area contributed by atoms with Crippen molar-refractivity contribution in [3.05, 3.63) is 83.4 Å². The van der Waals surface area contributed by atoms with Crippen molar-refractivity contribution in [3.63, 3.8) is 0 Å². The van der Waals surface area contributed by atoms with Crippen LogP contribution in [0.1, 0.15) is 30.4 Å². The van der Waals surface area contributed by atoms with Crippen molar-refractivity contribution in [2.24, 2.45) is 5.92 Å². The normalized spacial score (nSPS) is 16.1. The van der Waals surface area contributed by atoms with Gasteiger partial charge in [-0.1, -0.05) is 30.3 Å². The average Bonchev–Trinajstić information content (AvgIpc) is 3.27. The summed E-state index contributed by atoms with van der Waals surface area (Å²) >= 11 is 0. The highest BCUT2D eigenvalue weighted by Gasteiger charge is 2.34. The molecule has 3 aromatic carbocycles. The molecule has 0 spiro atoms.